The quantitative estimate of drug-likeness (QED) is 0.799. The van der Waals surface area contributed by atoms with E-state index < -0.39 is 0 Å². The molecule has 0 saturated heterocycles. The third-order valence-corrected chi connectivity index (χ3v) is 3.37. The summed E-state index contributed by atoms with van der Waals surface area (Å²) in [6.07, 6.45) is 5.70. The van der Waals surface area contributed by atoms with Crippen LogP contribution in [0.25, 0.3) is 11.4 Å². The standard InChI is InChI=1S/C14H15N3/c15-12-6-4-11(5-7-12)14-16-9-8-13(17-14)10-2-1-3-10/h4-10H,1-3,15H2. The normalized spacial score (nSPS) is 15.5. The van der Waals surface area contributed by atoms with Crippen LogP contribution in [0.3, 0.4) is 0 Å². The number of benzene rings is 1. The molecule has 1 fully saturated rings. The van der Waals surface area contributed by atoms with Crippen LogP contribution in [0.2, 0.25) is 0 Å². The Labute approximate surface area is 101 Å². The first-order valence-corrected chi connectivity index (χ1v) is 6.02. The minimum absolute atomic E-state index is 0.644. The molecule has 1 saturated carbocycles. The highest BCUT2D eigenvalue weighted by Gasteiger charge is 2.21. The van der Waals surface area contributed by atoms with E-state index in [-0.39, 0.29) is 0 Å². The lowest BCUT2D eigenvalue weighted by molar-refractivity contribution is 0.411. The first kappa shape index (κ1) is 10.3. The van der Waals surface area contributed by atoms with Gasteiger partial charge in [0.15, 0.2) is 5.82 Å². The number of nitrogen functional groups attached to an aromatic ring is 1. The lowest BCUT2D eigenvalue weighted by Crippen LogP contribution is -2.11. The molecule has 86 valence electrons. The SMILES string of the molecule is Nc1ccc(-c2nccc(C3CCC3)n2)cc1. The highest BCUT2D eigenvalue weighted by Crippen LogP contribution is 2.35. The van der Waals surface area contributed by atoms with Gasteiger partial charge in [-0.25, -0.2) is 9.97 Å². The lowest BCUT2D eigenvalue weighted by atomic mass is 9.83. The summed E-state index contributed by atoms with van der Waals surface area (Å²) in [5, 5.41) is 0. The van der Waals surface area contributed by atoms with Gasteiger partial charge in [-0.3, -0.25) is 0 Å². The molecule has 1 aromatic heterocycles. The molecule has 2 aromatic rings. The zero-order valence-corrected chi connectivity index (χ0v) is 9.63. The van der Waals surface area contributed by atoms with Crippen molar-refractivity contribution in [3.63, 3.8) is 0 Å². The number of hydrogen-bond acceptors (Lipinski definition) is 3. The number of anilines is 1. The molecule has 3 nitrogen and oxygen atoms in total. The molecule has 17 heavy (non-hydrogen) atoms. The summed E-state index contributed by atoms with van der Waals surface area (Å²) in [5.74, 6) is 1.44. The molecule has 1 heterocycles. The van der Waals surface area contributed by atoms with Crippen molar-refractivity contribution in [1.29, 1.82) is 0 Å². The number of aromatic nitrogens is 2. The van der Waals surface area contributed by atoms with Crippen molar-refractivity contribution in [2.45, 2.75) is 25.2 Å². The van der Waals surface area contributed by atoms with Crippen LogP contribution >= 0.6 is 0 Å². The highest BCUT2D eigenvalue weighted by molar-refractivity contribution is 5.58. The topological polar surface area (TPSA) is 51.8 Å². The smallest absolute Gasteiger partial charge is 0.159 e. The van der Waals surface area contributed by atoms with Crippen LogP contribution in [0, 0.1) is 0 Å². The first-order chi connectivity index (χ1) is 8.33. The van der Waals surface area contributed by atoms with Gasteiger partial charge >= 0.3 is 0 Å². The molecule has 1 aliphatic carbocycles. The molecule has 2 N–H and O–H groups in total. The van der Waals surface area contributed by atoms with Gasteiger partial charge in [0.1, 0.15) is 0 Å². The van der Waals surface area contributed by atoms with Crippen LogP contribution in [-0.4, -0.2) is 9.97 Å². The second-order valence-corrected chi connectivity index (χ2v) is 4.55. The molecule has 0 unspecified atom stereocenters. The predicted molar refractivity (Wildman–Crippen MR) is 68.5 cm³/mol. The van der Waals surface area contributed by atoms with Crippen molar-refractivity contribution >= 4 is 5.69 Å². The molecule has 0 bridgehead atoms. The number of nitrogens with two attached hydrogens (primary N) is 1. The van der Waals surface area contributed by atoms with Crippen molar-refractivity contribution in [3.8, 4) is 11.4 Å². The van der Waals surface area contributed by atoms with Gasteiger partial charge < -0.3 is 5.73 Å². The minimum atomic E-state index is 0.644. The average molecular weight is 225 g/mol. The highest BCUT2D eigenvalue weighted by atomic mass is 14.9. The largest absolute Gasteiger partial charge is 0.399 e. The molecule has 3 rings (SSSR count). The summed E-state index contributed by atoms with van der Waals surface area (Å²) in [4.78, 5) is 8.97. The first-order valence-electron chi connectivity index (χ1n) is 6.02. The molecule has 0 aliphatic heterocycles. The van der Waals surface area contributed by atoms with Crippen molar-refractivity contribution < 1.29 is 0 Å². The Kier molecular flexibility index (Phi) is 2.52. The second kappa shape index (κ2) is 4.17. The van der Waals surface area contributed by atoms with Gasteiger partial charge in [-0.2, -0.15) is 0 Å². The molecule has 1 aliphatic rings. The van der Waals surface area contributed by atoms with E-state index in [4.69, 9.17) is 5.73 Å². The maximum Gasteiger partial charge on any atom is 0.159 e. The zero-order valence-electron chi connectivity index (χ0n) is 9.63. The maximum atomic E-state index is 5.67. The van der Waals surface area contributed by atoms with Crippen LogP contribution in [0.4, 0.5) is 5.69 Å². The van der Waals surface area contributed by atoms with Gasteiger partial charge in [-0.1, -0.05) is 6.42 Å². The van der Waals surface area contributed by atoms with Gasteiger partial charge in [0.05, 0.1) is 0 Å². The predicted octanol–water partition coefficient (Wildman–Crippen LogP) is 2.99. The molecule has 0 radical (unpaired) electrons. The molecule has 0 spiro atoms. The third-order valence-electron chi connectivity index (χ3n) is 3.37. The number of hydrogen-bond donors (Lipinski definition) is 1. The van der Waals surface area contributed by atoms with Crippen LogP contribution in [0.5, 0.6) is 0 Å². The summed E-state index contributed by atoms with van der Waals surface area (Å²) in [6, 6.07) is 9.73. The van der Waals surface area contributed by atoms with E-state index >= 15 is 0 Å². The fourth-order valence-electron chi connectivity index (χ4n) is 2.08. The van der Waals surface area contributed by atoms with Gasteiger partial charge in [0.2, 0.25) is 0 Å². The summed E-state index contributed by atoms with van der Waals surface area (Å²) >= 11 is 0. The molecule has 0 amide bonds. The fraction of sp³-hybridized carbons (Fsp3) is 0.286. The minimum Gasteiger partial charge on any atom is -0.399 e. The average Bonchev–Trinajstić information content (AvgIpc) is 2.28. The van der Waals surface area contributed by atoms with Crippen molar-refractivity contribution in [1.82, 2.24) is 9.97 Å². The summed E-state index contributed by atoms with van der Waals surface area (Å²) in [6.45, 7) is 0. The molecule has 1 aromatic carbocycles. The maximum absolute atomic E-state index is 5.67. The van der Waals surface area contributed by atoms with Crippen molar-refractivity contribution in [2.75, 3.05) is 5.73 Å². The van der Waals surface area contributed by atoms with Gasteiger partial charge in [-0.05, 0) is 43.2 Å². The van der Waals surface area contributed by atoms with E-state index in [1.54, 1.807) is 0 Å². The van der Waals surface area contributed by atoms with Crippen LogP contribution in [0.15, 0.2) is 36.5 Å². The van der Waals surface area contributed by atoms with E-state index in [0.717, 1.165) is 17.1 Å². The molecular formula is C14H15N3. The van der Waals surface area contributed by atoms with Crippen molar-refractivity contribution in [3.05, 3.63) is 42.2 Å². The summed E-state index contributed by atoms with van der Waals surface area (Å²) in [7, 11) is 0. The van der Waals surface area contributed by atoms with E-state index in [9.17, 15) is 0 Å². The monoisotopic (exact) mass is 225 g/mol. The Balaban J connectivity index is 1.94. The fourth-order valence-corrected chi connectivity index (χ4v) is 2.08. The van der Waals surface area contributed by atoms with E-state index in [2.05, 4.69) is 9.97 Å². The van der Waals surface area contributed by atoms with E-state index in [1.165, 1.54) is 25.0 Å². The van der Waals surface area contributed by atoms with Crippen LogP contribution < -0.4 is 5.73 Å². The number of nitrogens with zero attached hydrogens (tertiary/aromatic N) is 2. The van der Waals surface area contributed by atoms with Crippen LogP contribution in [-0.2, 0) is 0 Å². The zero-order chi connectivity index (χ0) is 11.7. The Hall–Kier alpha value is -1.90. The van der Waals surface area contributed by atoms with Crippen LogP contribution in [0.1, 0.15) is 30.9 Å². The van der Waals surface area contributed by atoms with Gasteiger partial charge in [0, 0.05) is 29.1 Å². The third kappa shape index (κ3) is 2.00. The second-order valence-electron chi connectivity index (χ2n) is 4.55. The molecular weight excluding hydrogens is 210 g/mol. The van der Waals surface area contributed by atoms with Crippen molar-refractivity contribution in [2.24, 2.45) is 0 Å². The van der Waals surface area contributed by atoms with E-state index in [0.29, 0.717) is 5.92 Å². The Morgan fingerprint density at radius 3 is 2.47 bits per heavy atom. The Morgan fingerprint density at radius 1 is 1.06 bits per heavy atom. The summed E-state index contributed by atoms with van der Waals surface area (Å²) < 4.78 is 0. The lowest BCUT2D eigenvalue weighted by Gasteiger charge is -2.24. The Morgan fingerprint density at radius 2 is 1.82 bits per heavy atom. The summed E-state index contributed by atoms with van der Waals surface area (Å²) in [5.41, 5.74) is 8.65. The number of rotatable bonds is 2. The Bertz CT molecular complexity index is 515. The van der Waals surface area contributed by atoms with Gasteiger partial charge in [0.25, 0.3) is 0 Å². The molecule has 3 heteroatoms. The van der Waals surface area contributed by atoms with Gasteiger partial charge in [-0.15, -0.1) is 0 Å². The molecule has 0 atom stereocenters. The van der Waals surface area contributed by atoms with E-state index in [1.807, 2.05) is 36.5 Å².